The lowest BCUT2D eigenvalue weighted by Crippen LogP contribution is -1.89. The molecule has 0 saturated carbocycles. The van der Waals surface area contributed by atoms with Gasteiger partial charge in [-0.05, 0) is 24.3 Å². The second-order valence-electron chi connectivity index (χ2n) is 1.06. The molecular weight excluding hydrogens is 120 g/mol. The molecule has 0 atom stereocenters. The molecule has 0 aromatic rings. The van der Waals surface area contributed by atoms with Crippen molar-refractivity contribution in [3.63, 3.8) is 0 Å². The molecule has 46 valence electrons. The fraction of sp³-hybridized carbons (Fsp3) is 0.200. The predicted octanol–water partition coefficient (Wildman–Crippen LogP) is 1.19. The van der Waals surface area contributed by atoms with Crippen LogP contribution >= 0.6 is 11.9 Å². The summed E-state index contributed by atoms with van der Waals surface area (Å²) >= 11 is 1.48. The van der Waals surface area contributed by atoms with Crippen molar-refractivity contribution >= 4 is 11.9 Å². The van der Waals surface area contributed by atoms with E-state index in [1.165, 1.54) is 18.1 Å². The van der Waals surface area contributed by atoms with Crippen LogP contribution in [0, 0.1) is 0 Å². The van der Waals surface area contributed by atoms with Gasteiger partial charge in [-0.3, -0.25) is 0 Å². The zero-order valence-corrected chi connectivity index (χ0v) is 5.61. The van der Waals surface area contributed by atoms with Crippen molar-refractivity contribution in [2.75, 3.05) is 0 Å². The molecule has 2 nitrogen and oxygen atoms in total. The normalized spacial score (nSPS) is 11.1. The van der Waals surface area contributed by atoms with Gasteiger partial charge in [-0.2, -0.15) is 0 Å². The number of nitrogens with two attached hydrogens (primary N) is 1. The Balaban J connectivity index is 2.93. The molecule has 0 unspecified atom stereocenters. The lowest BCUT2D eigenvalue weighted by Gasteiger charge is -1.87. The van der Waals surface area contributed by atoms with Crippen molar-refractivity contribution < 1.29 is 0 Å². The van der Waals surface area contributed by atoms with E-state index >= 15 is 0 Å². The fourth-order valence-corrected chi connectivity index (χ4v) is 0.558. The molecule has 0 amide bonds. The van der Waals surface area contributed by atoms with Gasteiger partial charge < -0.3 is 10.5 Å². The van der Waals surface area contributed by atoms with E-state index in [0.717, 1.165) is 0 Å². The van der Waals surface area contributed by atoms with Crippen molar-refractivity contribution in [1.82, 2.24) is 4.72 Å². The number of nitrogens with one attached hydrogen (secondary N) is 1. The molecule has 0 aromatic heterocycles. The van der Waals surface area contributed by atoms with Crippen molar-refractivity contribution in [1.29, 1.82) is 0 Å². The van der Waals surface area contributed by atoms with Gasteiger partial charge in [0.2, 0.25) is 0 Å². The Hall–Kier alpha value is -0.570. The predicted molar refractivity (Wildman–Crippen MR) is 38.9 cm³/mol. The average molecular weight is 130 g/mol. The Morgan fingerprint density at radius 3 is 2.88 bits per heavy atom. The van der Waals surface area contributed by atoms with Crippen molar-refractivity contribution in [3.8, 4) is 0 Å². The minimum Gasteiger partial charge on any atom is -0.403 e. The van der Waals surface area contributed by atoms with Crippen LogP contribution in [0.4, 0.5) is 0 Å². The van der Waals surface area contributed by atoms with Gasteiger partial charge in [0.15, 0.2) is 0 Å². The molecule has 0 saturated heterocycles. The number of rotatable bonds is 3. The van der Waals surface area contributed by atoms with Crippen LogP contribution in [0.25, 0.3) is 0 Å². The first-order valence-corrected chi connectivity index (χ1v) is 3.19. The molecule has 3 N–H and O–H groups in total. The minimum absolute atomic E-state index is 1.45. The van der Waals surface area contributed by atoms with Crippen LogP contribution in [0.2, 0.25) is 0 Å². The number of allylic oxidation sites excluding steroid dienone is 1. The van der Waals surface area contributed by atoms with E-state index in [9.17, 15) is 0 Å². The zero-order chi connectivity index (χ0) is 6.24. The molecule has 0 aliphatic carbocycles. The smallest absolute Gasteiger partial charge is 0.0230 e. The Kier molecular flexibility index (Phi) is 5.97. The first kappa shape index (κ1) is 7.43. The minimum atomic E-state index is 1.45. The maximum absolute atomic E-state index is 5.03. The number of hydrogen-bond donors (Lipinski definition) is 2. The van der Waals surface area contributed by atoms with Crippen LogP contribution in [-0.2, 0) is 0 Å². The Morgan fingerprint density at radius 1 is 1.62 bits per heavy atom. The van der Waals surface area contributed by atoms with E-state index in [2.05, 4.69) is 4.72 Å². The maximum Gasteiger partial charge on any atom is 0.0230 e. The lowest BCUT2D eigenvalue weighted by atomic mass is 10.8. The molecule has 0 aromatic carbocycles. The van der Waals surface area contributed by atoms with Gasteiger partial charge in [-0.25, -0.2) is 0 Å². The second kappa shape index (κ2) is 6.43. The summed E-state index contributed by atoms with van der Waals surface area (Å²) in [6, 6.07) is 0. The first-order chi connectivity index (χ1) is 3.91. The maximum atomic E-state index is 5.03. The van der Waals surface area contributed by atoms with E-state index in [-0.39, 0.29) is 0 Å². The summed E-state index contributed by atoms with van der Waals surface area (Å²) in [5.41, 5.74) is 5.03. The standard InChI is InChI=1S/C5H10N2S/c1-2-5-8-7-4-3-6/h2-5,7H,6H2,1H3/b4-3+,5-2+. The Bertz CT molecular complexity index is 76.4. The molecule has 0 bridgehead atoms. The third-order valence-electron chi connectivity index (χ3n) is 0.436. The second-order valence-corrected chi connectivity index (χ2v) is 1.81. The number of hydrogen-bond acceptors (Lipinski definition) is 3. The van der Waals surface area contributed by atoms with E-state index in [1.807, 2.05) is 18.4 Å². The van der Waals surface area contributed by atoms with Crippen LogP contribution in [0.1, 0.15) is 6.92 Å². The van der Waals surface area contributed by atoms with E-state index in [4.69, 9.17) is 5.73 Å². The molecule has 0 aliphatic heterocycles. The fourth-order valence-electron chi connectivity index (χ4n) is 0.186. The highest BCUT2D eigenvalue weighted by Crippen LogP contribution is 1.92. The highest BCUT2D eigenvalue weighted by molar-refractivity contribution is 8.00. The Labute approximate surface area is 54.0 Å². The molecule has 0 fully saturated rings. The third kappa shape index (κ3) is 5.43. The lowest BCUT2D eigenvalue weighted by molar-refractivity contribution is 1.38. The molecule has 0 radical (unpaired) electrons. The van der Waals surface area contributed by atoms with Gasteiger partial charge in [0.1, 0.15) is 0 Å². The van der Waals surface area contributed by atoms with Crippen molar-refractivity contribution in [2.24, 2.45) is 5.73 Å². The summed E-state index contributed by atoms with van der Waals surface area (Å²) in [4.78, 5) is 0. The summed E-state index contributed by atoms with van der Waals surface area (Å²) in [6.07, 6.45) is 5.07. The molecule has 8 heavy (non-hydrogen) atoms. The van der Waals surface area contributed by atoms with Crippen LogP contribution in [0.3, 0.4) is 0 Å². The van der Waals surface area contributed by atoms with Crippen LogP contribution in [0.5, 0.6) is 0 Å². The summed E-state index contributed by atoms with van der Waals surface area (Å²) in [6.45, 7) is 1.96. The third-order valence-corrected chi connectivity index (χ3v) is 1.12. The van der Waals surface area contributed by atoms with E-state index < -0.39 is 0 Å². The van der Waals surface area contributed by atoms with Crippen molar-refractivity contribution in [3.05, 3.63) is 23.9 Å². The summed E-state index contributed by atoms with van der Waals surface area (Å²) in [7, 11) is 0. The first-order valence-electron chi connectivity index (χ1n) is 2.31. The van der Waals surface area contributed by atoms with Gasteiger partial charge in [0.25, 0.3) is 0 Å². The van der Waals surface area contributed by atoms with Crippen LogP contribution in [0.15, 0.2) is 23.9 Å². The van der Waals surface area contributed by atoms with Gasteiger partial charge in [-0.15, -0.1) is 0 Å². The molecule has 0 spiro atoms. The average Bonchev–Trinajstić information content (AvgIpc) is 1.81. The van der Waals surface area contributed by atoms with E-state index in [1.54, 1.807) is 6.20 Å². The highest BCUT2D eigenvalue weighted by atomic mass is 32.2. The summed E-state index contributed by atoms with van der Waals surface area (Å²) < 4.78 is 2.86. The van der Waals surface area contributed by atoms with E-state index in [0.29, 0.717) is 0 Å². The summed E-state index contributed by atoms with van der Waals surface area (Å²) in [5.74, 6) is 0. The monoisotopic (exact) mass is 130 g/mol. The van der Waals surface area contributed by atoms with Crippen LogP contribution in [-0.4, -0.2) is 0 Å². The SMILES string of the molecule is C/C=C/SN/C=C/N. The largest absolute Gasteiger partial charge is 0.403 e. The molecule has 0 aliphatic rings. The van der Waals surface area contributed by atoms with Gasteiger partial charge in [0.05, 0.1) is 0 Å². The molecule has 0 heterocycles. The van der Waals surface area contributed by atoms with Gasteiger partial charge in [0, 0.05) is 12.4 Å². The Morgan fingerprint density at radius 2 is 2.38 bits per heavy atom. The summed E-state index contributed by atoms with van der Waals surface area (Å²) in [5, 5.41) is 1.93. The zero-order valence-electron chi connectivity index (χ0n) is 4.79. The quantitative estimate of drug-likeness (QED) is 0.445. The topological polar surface area (TPSA) is 38.0 Å². The van der Waals surface area contributed by atoms with Crippen molar-refractivity contribution in [2.45, 2.75) is 6.92 Å². The highest BCUT2D eigenvalue weighted by Gasteiger charge is 1.66. The van der Waals surface area contributed by atoms with Gasteiger partial charge >= 0.3 is 0 Å². The van der Waals surface area contributed by atoms with Gasteiger partial charge in [-0.1, -0.05) is 6.08 Å². The molecule has 3 heteroatoms. The molecule has 0 rings (SSSR count). The van der Waals surface area contributed by atoms with Crippen LogP contribution < -0.4 is 10.5 Å². The molecular formula is C5H10N2S.